The zero-order valence-electron chi connectivity index (χ0n) is 8.91. The normalized spacial score (nSPS) is 31.5. The van der Waals surface area contributed by atoms with Crippen molar-refractivity contribution < 1.29 is 4.39 Å². The van der Waals surface area contributed by atoms with Gasteiger partial charge in [-0.15, -0.1) is 0 Å². The number of piperidine rings is 1. The van der Waals surface area contributed by atoms with Gasteiger partial charge in [0.2, 0.25) is 0 Å². The Kier molecular flexibility index (Phi) is 3.03. The monoisotopic (exact) mass is 208 g/mol. The van der Waals surface area contributed by atoms with Crippen LogP contribution in [0.4, 0.5) is 4.39 Å². The van der Waals surface area contributed by atoms with Crippen molar-refractivity contribution in [2.75, 3.05) is 0 Å². The lowest BCUT2D eigenvalue weighted by Crippen LogP contribution is -2.44. The van der Waals surface area contributed by atoms with E-state index in [1.54, 1.807) is 12.1 Å². The highest BCUT2D eigenvalue weighted by molar-refractivity contribution is 5.21. The summed E-state index contributed by atoms with van der Waals surface area (Å²) in [5, 5.41) is 3.44. The summed E-state index contributed by atoms with van der Waals surface area (Å²) >= 11 is 0. The van der Waals surface area contributed by atoms with Crippen LogP contribution in [-0.2, 0) is 0 Å². The summed E-state index contributed by atoms with van der Waals surface area (Å²) in [7, 11) is 0. The van der Waals surface area contributed by atoms with Crippen LogP contribution in [0, 0.1) is 5.82 Å². The molecule has 0 unspecified atom stereocenters. The second-order valence-electron chi connectivity index (χ2n) is 4.41. The van der Waals surface area contributed by atoms with Crippen LogP contribution in [0.1, 0.15) is 31.4 Å². The number of nitrogens with one attached hydrogen (secondary N) is 1. The molecule has 1 fully saturated rings. The fourth-order valence-electron chi connectivity index (χ4n) is 2.29. The topological polar surface area (TPSA) is 38.0 Å². The van der Waals surface area contributed by atoms with Crippen molar-refractivity contribution >= 4 is 0 Å². The third kappa shape index (κ3) is 2.55. The summed E-state index contributed by atoms with van der Waals surface area (Å²) in [6.07, 6.45) is 1.87. The molecule has 0 aromatic heterocycles. The Bertz CT molecular complexity index is 330. The summed E-state index contributed by atoms with van der Waals surface area (Å²) < 4.78 is 13.1. The zero-order valence-corrected chi connectivity index (χ0v) is 8.91. The summed E-state index contributed by atoms with van der Waals surface area (Å²) in [5.41, 5.74) is 6.95. The van der Waals surface area contributed by atoms with Crippen molar-refractivity contribution in [3.05, 3.63) is 35.6 Å². The molecule has 0 aliphatic carbocycles. The van der Waals surface area contributed by atoms with Gasteiger partial charge < -0.3 is 11.1 Å². The van der Waals surface area contributed by atoms with Gasteiger partial charge in [-0.3, -0.25) is 0 Å². The molecular weight excluding hydrogens is 191 g/mol. The molecule has 0 bridgehead atoms. The van der Waals surface area contributed by atoms with E-state index in [4.69, 9.17) is 5.73 Å². The minimum atomic E-state index is -0.180. The molecule has 3 N–H and O–H groups in total. The summed E-state index contributed by atoms with van der Waals surface area (Å²) in [6, 6.07) is 7.57. The highest BCUT2D eigenvalue weighted by atomic mass is 19.1. The van der Waals surface area contributed by atoms with Gasteiger partial charge in [0.1, 0.15) is 5.82 Å². The van der Waals surface area contributed by atoms with Gasteiger partial charge in [-0.05, 0) is 37.5 Å². The maximum Gasteiger partial charge on any atom is 0.123 e. The molecule has 82 valence electrons. The molecular formula is C12H17FN2. The van der Waals surface area contributed by atoms with Crippen molar-refractivity contribution in [3.63, 3.8) is 0 Å². The van der Waals surface area contributed by atoms with Gasteiger partial charge >= 0.3 is 0 Å². The first kappa shape index (κ1) is 10.6. The third-order valence-corrected chi connectivity index (χ3v) is 2.93. The van der Waals surface area contributed by atoms with E-state index in [9.17, 15) is 4.39 Å². The molecule has 0 saturated carbocycles. The number of rotatable bonds is 1. The largest absolute Gasteiger partial charge is 0.328 e. The minimum absolute atomic E-state index is 0.180. The molecule has 3 atom stereocenters. The van der Waals surface area contributed by atoms with Crippen LogP contribution in [-0.4, -0.2) is 12.1 Å². The highest BCUT2D eigenvalue weighted by Gasteiger charge is 2.24. The number of hydrogen-bond donors (Lipinski definition) is 2. The average molecular weight is 208 g/mol. The van der Waals surface area contributed by atoms with Gasteiger partial charge in [0.25, 0.3) is 0 Å². The molecule has 15 heavy (non-hydrogen) atoms. The van der Waals surface area contributed by atoms with Crippen LogP contribution in [0.15, 0.2) is 24.3 Å². The van der Waals surface area contributed by atoms with Crippen LogP contribution in [0.25, 0.3) is 0 Å². The zero-order chi connectivity index (χ0) is 10.8. The molecule has 1 heterocycles. The third-order valence-electron chi connectivity index (χ3n) is 2.93. The fourth-order valence-corrected chi connectivity index (χ4v) is 2.29. The quantitative estimate of drug-likeness (QED) is 0.740. The first-order valence-corrected chi connectivity index (χ1v) is 5.42. The van der Waals surface area contributed by atoms with E-state index in [0.717, 1.165) is 18.4 Å². The van der Waals surface area contributed by atoms with Crippen molar-refractivity contribution in [2.45, 2.75) is 37.9 Å². The van der Waals surface area contributed by atoms with Crippen LogP contribution >= 0.6 is 0 Å². The Labute approximate surface area is 89.7 Å². The molecule has 1 saturated heterocycles. The van der Waals surface area contributed by atoms with Gasteiger partial charge in [0.05, 0.1) is 0 Å². The van der Waals surface area contributed by atoms with Gasteiger partial charge in [0.15, 0.2) is 0 Å². The molecule has 0 spiro atoms. The Balaban J connectivity index is 2.16. The molecule has 0 amide bonds. The Hall–Kier alpha value is -0.930. The number of hydrogen-bond acceptors (Lipinski definition) is 2. The number of nitrogens with two attached hydrogens (primary N) is 1. The molecule has 2 rings (SSSR count). The Morgan fingerprint density at radius 1 is 1.40 bits per heavy atom. The van der Waals surface area contributed by atoms with E-state index in [0.29, 0.717) is 6.04 Å². The highest BCUT2D eigenvalue weighted by Crippen LogP contribution is 2.25. The van der Waals surface area contributed by atoms with Crippen molar-refractivity contribution in [2.24, 2.45) is 5.73 Å². The second-order valence-corrected chi connectivity index (χ2v) is 4.41. The molecule has 1 aromatic rings. The molecule has 3 heteroatoms. The van der Waals surface area contributed by atoms with Crippen molar-refractivity contribution in [3.8, 4) is 0 Å². The van der Waals surface area contributed by atoms with Crippen LogP contribution in [0.5, 0.6) is 0 Å². The maximum absolute atomic E-state index is 13.1. The smallest absolute Gasteiger partial charge is 0.123 e. The van der Waals surface area contributed by atoms with Gasteiger partial charge in [-0.1, -0.05) is 12.1 Å². The van der Waals surface area contributed by atoms with Crippen LogP contribution in [0.2, 0.25) is 0 Å². The second kappa shape index (κ2) is 4.29. The molecule has 1 aliphatic heterocycles. The SMILES string of the molecule is C[C@H]1C[C@H](N)C[C@@H](c2cccc(F)c2)N1. The van der Waals surface area contributed by atoms with Gasteiger partial charge in [-0.25, -0.2) is 4.39 Å². The standard InChI is InChI=1S/C12H17FN2/c1-8-5-11(14)7-12(15-8)9-3-2-4-10(13)6-9/h2-4,6,8,11-12,15H,5,7,14H2,1H3/t8-,11-,12-/m0/s1. The summed E-state index contributed by atoms with van der Waals surface area (Å²) in [6.45, 7) is 2.12. The number of benzene rings is 1. The minimum Gasteiger partial charge on any atom is -0.328 e. The first-order chi connectivity index (χ1) is 7.15. The van der Waals surface area contributed by atoms with E-state index >= 15 is 0 Å². The first-order valence-electron chi connectivity index (χ1n) is 5.42. The number of halogens is 1. The van der Waals surface area contributed by atoms with E-state index in [2.05, 4.69) is 12.2 Å². The van der Waals surface area contributed by atoms with E-state index in [1.165, 1.54) is 6.07 Å². The average Bonchev–Trinajstić information content (AvgIpc) is 2.16. The van der Waals surface area contributed by atoms with Gasteiger partial charge in [-0.2, -0.15) is 0 Å². The van der Waals surface area contributed by atoms with E-state index < -0.39 is 0 Å². The lowest BCUT2D eigenvalue weighted by Gasteiger charge is -2.33. The molecule has 1 aromatic carbocycles. The van der Waals surface area contributed by atoms with Crippen molar-refractivity contribution in [1.82, 2.24) is 5.32 Å². The van der Waals surface area contributed by atoms with Crippen molar-refractivity contribution in [1.29, 1.82) is 0 Å². The predicted molar refractivity (Wildman–Crippen MR) is 58.9 cm³/mol. The predicted octanol–water partition coefficient (Wildman–Crippen LogP) is 1.97. The molecule has 0 radical (unpaired) electrons. The lowest BCUT2D eigenvalue weighted by molar-refractivity contribution is 0.307. The lowest BCUT2D eigenvalue weighted by atomic mass is 9.91. The Morgan fingerprint density at radius 2 is 2.20 bits per heavy atom. The van der Waals surface area contributed by atoms with E-state index in [1.807, 2.05) is 6.07 Å². The maximum atomic E-state index is 13.1. The van der Waals surface area contributed by atoms with E-state index in [-0.39, 0.29) is 17.9 Å². The fraction of sp³-hybridized carbons (Fsp3) is 0.500. The van der Waals surface area contributed by atoms with Crippen LogP contribution in [0.3, 0.4) is 0 Å². The molecule has 1 aliphatic rings. The van der Waals surface area contributed by atoms with Crippen LogP contribution < -0.4 is 11.1 Å². The summed E-state index contributed by atoms with van der Waals surface area (Å²) in [5.74, 6) is -0.180. The summed E-state index contributed by atoms with van der Waals surface area (Å²) in [4.78, 5) is 0. The Morgan fingerprint density at radius 3 is 2.87 bits per heavy atom. The molecule has 2 nitrogen and oxygen atoms in total. The van der Waals surface area contributed by atoms with Gasteiger partial charge in [0, 0.05) is 18.1 Å².